The van der Waals surface area contributed by atoms with E-state index in [-0.39, 0.29) is 23.4 Å². The Morgan fingerprint density at radius 2 is 1.77 bits per heavy atom. The van der Waals surface area contributed by atoms with Crippen molar-refractivity contribution in [3.05, 3.63) is 100 Å². The Morgan fingerprint density at radius 1 is 0.967 bits per heavy atom. The van der Waals surface area contributed by atoms with Gasteiger partial charge < -0.3 is 4.72 Å². The molecule has 3 aromatic rings. The summed E-state index contributed by atoms with van der Waals surface area (Å²) in [7, 11) is 0. The highest BCUT2D eigenvalue weighted by atomic mass is 32.2. The van der Waals surface area contributed by atoms with Crippen LogP contribution in [0.5, 0.6) is 0 Å². The van der Waals surface area contributed by atoms with Crippen molar-refractivity contribution in [1.82, 2.24) is 4.72 Å². The monoisotopic (exact) mass is 426 g/mol. The number of rotatable bonds is 5. The maximum Gasteiger partial charge on any atom is 0.127 e. The molecule has 1 unspecified atom stereocenters. The van der Waals surface area contributed by atoms with E-state index < -0.39 is 0 Å². The number of halogens is 3. The average Bonchev–Trinajstić information content (AvgIpc) is 2.73. The molecule has 0 spiro atoms. The van der Waals surface area contributed by atoms with Crippen LogP contribution in [0.25, 0.3) is 0 Å². The number of hydrogen-bond donors (Lipinski definition) is 1. The van der Waals surface area contributed by atoms with Crippen LogP contribution in [0, 0.1) is 17.5 Å². The number of nitrogens with one attached hydrogen (secondary N) is 1. The van der Waals surface area contributed by atoms with Gasteiger partial charge in [0.15, 0.2) is 0 Å². The van der Waals surface area contributed by atoms with Crippen molar-refractivity contribution in [3.63, 3.8) is 0 Å². The zero-order valence-corrected chi connectivity index (χ0v) is 17.3. The van der Waals surface area contributed by atoms with Gasteiger partial charge in [-0.25, -0.2) is 13.2 Å². The summed E-state index contributed by atoms with van der Waals surface area (Å²) in [5.41, 5.74) is 3.34. The van der Waals surface area contributed by atoms with Gasteiger partial charge in [0.1, 0.15) is 23.3 Å². The highest BCUT2D eigenvalue weighted by Gasteiger charge is 2.24. The number of hydrogen-bond acceptors (Lipinski definition) is 2. The van der Waals surface area contributed by atoms with Gasteiger partial charge in [-0.15, -0.1) is 0 Å². The van der Waals surface area contributed by atoms with Gasteiger partial charge in [-0.05, 0) is 82.9 Å². The molecule has 1 N–H and O–H groups in total. The molecular weight excluding hydrogens is 405 g/mol. The van der Waals surface area contributed by atoms with Crippen LogP contribution in [0.15, 0.2) is 70.6 Å². The Hall–Kier alpha value is -2.73. The fourth-order valence-corrected chi connectivity index (χ4v) is 4.54. The van der Waals surface area contributed by atoms with Gasteiger partial charge >= 0.3 is 0 Å². The molecule has 30 heavy (non-hydrogen) atoms. The van der Waals surface area contributed by atoms with Crippen LogP contribution in [-0.4, -0.2) is 5.84 Å². The fraction of sp³-hybridized carbons (Fsp3) is 0.208. The van der Waals surface area contributed by atoms with Gasteiger partial charge in [-0.1, -0.05) is 31.2 Å². The van der Waals surface area contributed by atoms with Crippen LogP contribution in [-0.2, 0) is 19.4 Å². The summed E-state index contributed by atoms with van der Waals surface area (Å²) in [6.45, 7) is 2.34. The minimum absolute atomic E-state index is 0.0754. The Labute approximate surface area is 178 Å². The van der Waals surface area contributed by atoms with Gasteiger partial charge in [-0.2, -0.15) is 0 Å². The van der Waals surface area contributed by atoms with Gasteiger partial charge in [0.05, 0.1) is 6.54 Å². The molecule has 3 aromatic carbocycles. The summed E-state index contributed by atoms with van der Waals surface area (Å²) in [5, 5.41) is 0. The van der Waals surface area contributed by atoms with Gasteiger partial charge in [0.25, 0.3) is 0 Å². The van der Waals surface area contributed by atoms with Gasteiger partial charge in [0.2, 0.25) is 0 Å². The van der Waals surface area contributed by atoms with Gasteiger partial charge in [0, 0.05) is 11.3 Å². The number of nitrogens with zero attached hydrogens (tertiary/aromatic N) is 1. The van der Waals surface area contributed by atoms with E-state index in [1.807, 2.05) is 13.0 Å². The van der Waals surface area contributed by atoms with Crippen LogP contribution in [0.1, 0.15) is 35.1 Å². The Bertz CT molecular complexity index is 1080. The van der Waals surface area contributed by atoms with E-state index in [0.29, 0.717) is 24.9 Å². The van der Waals surface area contributed by atoms with Crippen molar-refractivity contribution in [3.8, 4) is 0 Å². The first-order chi connectivity index (χ1) is 14.5. The maximum atomic E-state index is 14.8. The number of aliphatic imine (C=N–C) groups is 1. The summed E-state index contributed by atoms with van der Waals surface area (Å²) < 4.78 is 44.6. The summed E-state index contributed by atoms with van der Waals surface area (Å²) in [6.07, 6.45) is 1.10. The molecule has 1 aliphatic heterocycles. The molecule has 0 saturated carbocycles. The quantitative estimate of drug-likeness (QED) is 0.491. The van der Waals surface area contributed by atoms with Crippen molar-refractivity contribution in [2.45, 2.75) is 37.1 Å². The second kappa shape index (κ2) is 8.96. The molecule has 0 aliphatic carbocycles. The fourth-order valence-electron chi connectivity index (χ4n) is 3.73. The normalized spacial score (nSPS) is 15.5. The lowest BCUT2D eigenvalue weighted by Crippen LogP contribution is -2.26. The first-order valence-corrected chi connectivity index (χ1v) is 10.6. The van der Waals surface area contributed by atoms with E-state index in [4.69, 9.17) is 0 Å². The summed E-state index contributed by atoms with van der Waals surface area (Å²) >= 11 is 1.41. The topological polar surface area (TPSA) is 24.4 Å². The lowest BCUT2D eigenvalue weighted by atomic mass is 9.88. The highest BCUT2D eigenvalue weighted by molar-refractivity contribution is 7.98. The van der Waals surface area contributed by atoms with Crippen molar-refractivity contribution in [2.75, 3.05) is 0 Å². The van der Waals surface area contributed by atoms with Crippen LogP contribution >= 0.6 is 11.9 Å². The second-order valence-electron chi connectivity index (χ2n) is 7.44. The highest BCUT2D eigenvalue weighted by Crippen LogP contribution is 2.35. The van der Waals surface area contributed by atoms with Crippen LogP contribution in [0.3, 0.4) is 0 Å². The lowest BCUT2D eigenvalue weighted by molar-refractivity contribution is 0.580. The van der Waals surface area contributed by atoms with E-state index in [2.05, 4.69) is 9.71 Å². The number of amidine groups is 1. The zero-order valence-electron chi connectivity index (χ0n) is 16.5. The Morgan fingerprint density at radius 3 is 2.53 bits per heavy atom. The van der Waals surface area contributed by atoms with E-state index in [1.54, 1.807) is 24.3 Å². The molecule has 2 nitrogen and oxygen atoms in total. The largest absolute Gasteiger partial charge is 0.314 e. The second-order valence-corrected chi connectivity index (χ2v) is 8.29. The molecule has 0 radical (unpaired) electrons. The number of benzene rings is 3. The van der Waals surface area contributed by atoms with E-state index in [1.165, 1.54) is 42.3 Å². The van der Waals surface area contributed by atoms with Crippen molar-refractivity contribution >= 4 is 17.8 Å². The first-order valence-electron chi connectivity index (χ1n) is 9.76. The Kier molecular flexibility index (Phi) is 6.13. The first kappa shape index (κ1) is 20.5. The molecule has 4 rings (SSSR count). The minimum Gasteiger partial charge on any atom is -0.314 e. The molecular formula is C24H21F3N2S. The van der Waals surface area contributed by atoms with Crippen molar-refractivity contribution in [1.29, 1.82) is 0 Å². The van der Waals surface area contributed by atoms with E-state index in [0.717, 1.165) is 27.4 Å². The molecule has 1 aliphatic rings. The lowest BCUT2D eigenvalue weighted by Gasteiger charge is -2.25. The summed E-state index contributed by atoms with van der Waals surface area (Å²) in [4.78, 5) is 5.55. The van der Waals surface area contributed by atoms with Crippen LogP contribution in [0.2, 0.25) is 0 Å². The third kappa shape index (κ3) is 4.70. The van der Waals surface area contributed by atoms with Crippen molar-refractivity contribution < 1.29 is 13.2 Å². The molecule has 0 bridgehead atoms. The third-order valence-electron chi connectivity index (χ3n) is 5.17. The standard InChI is InChI=1S/C24H21F3N2S/c1-15(11-16-5-7-18(25)8-6-16)24-20-13-23(29-30-22(20)10-9-21(24)27)28-14-17-3-2-4-19(26)12-17/h2-10,12,15H,11,13-14H2,1H3,(H,28,29). The van der Waals surface area contributed by atoms with Crippen LogP contribution < -0.4 is 4.72 Å². The molecule has 6 heteroatoms. The minimum atomic E-state index is -0.289. The number of fused-ring (bicyclic) bond motifs is 1. The Balaban J connectivity index is 1.57. The molecule has 0 amide bonds. The van der Waals surface area contributed by atoms with E-state index >= 15 is 0 Å². The molecule has 0 saturated heterocycles. The zero-order chi connectivity index (χ0) is 21.1. The average molecular weight is 427 g/mol. The molecule has 1 heterocycles. The molecule has 154 valence electrons. The summed E-state index contributed by atoms with van der Waals surface area (Å²) in [5.74, 6) is -0.152. The molecule has 1 atom stereocenters. The van der Waals surface area contributed by atoms with Gasteiger partial charge in [-0.3, -0.25) is 4.99 Å². The molecule has 0 aromatic heterocycles. The predicted octanol–water partition coefficient (Wildman–Crippen LogP) is 6.20. The summed E-state index contributed by atoms with van der Waals surface area (Å²) in [6, 6.07) is 16.0. The third-order valence-corrected chi connectivity index (χ3v) is 6.11. The van der Waals surface area contributed by atoms with E-state index in [9.17, 15) is 13.2 Å². The predicted molar refractivity (Wildman–Crippen MR) is 115 cm³/mol. The molecule has 0 fully saturated rings. The van der Waals surface area contributed by atoms with Crippen molar-refractivity contribution in [2.24, 2.45) is 4.99 Å². The van der Waals surface area contributed by atoms with Crippen LogP contribution in [0.4, 0.5) is 13.2 Å². The smallest absolute Gasteiger partial charge is 0.127 e. The maximum absolute atomic E-state index is 14.8. The SMILES string of the molecule is CC(Cc1ccc(F)cc1)c1c(F)ccc2c1CC(=NCc1cccc(F)c1)NS2.